The van der Waals surface area contributed by atoms with E-state index < -0.39 is 0 Å². The summed E-state index contributed by atoms with van der Waals surface area (Å²) < 4.78 is 0. The lowest BCUT2D eigenvalue weighted by atomic mass is 10.2. The molecule has 0 fully saturated rings. The van der Waals surface area contributed by atoms with Crippen LogP contribution in [-0.2, 0) is 0 Å². The molecule has 1 aromatic heterocycles. The molecular formula is C8H11N5. The van der Waals surface area contributed by atoms with Crippen LogP contribution in [0.3, 0.4) is 0 Å². The summed E-state index contributed by atoms with van der Waals surface area (Å²) in [7, 11) is 0. The molecule has 0 aromatic carbocycles. The van der Waals surface area contributed by atoms with Gasteiger partial charge in [0.1, 0.15) is 0 Å². The highest BCUT2D eigenvalue weighted by Crippen LogP contribution is 2.09. The maximum absolute atomic E-state index is 5.22. The van der Waals surface area contributed by atoms with Crippen molar-refractivity contribution < 1.29 is 0 Å². The molecule has 0 saturated carbocycles. The Bertz CT molecular complexity index is 333. The summed E-state index contributed by atoms with van der Waals surface area (Å²) >= 11 is 0. The van der Waals surface area contributed by atoms with Crippen molar-refractivity contribution in [1.82, 2.24) is 20.6 Å². The van der Waals surface area contributed by atoms with Gasteiger partial charge in [0, 0.05) is 5.57 Å². The highest BCUT2D eigenvalue weighted by atomic mass is 15.5. The zero-order chi connectivity index (χ0) is 9.68. The Labute approximate surface area is 76.0 Å². The molecule has 0 aliphatic heterocycles. The summed E-state index contributed by atoms with van der Waals surface area (Å²) in [5, 5.41) is 13.2. The van der Waals surface area contributed by atoms with Crippen molar-refractivity contribution in [2.75, 3.05) is 0 Å². The van der Waals surface area contributed by atoms with Crippen LogP contribution in [0.5, 0.6) is 0 Å². The lowest BCUT2D eigenvalue weighted by molar-refractivity contribution is 0.881. The number of nitrogens with one attached hydrogen (secondary N) is 1. The van der Waals surface area contributed by atoms with Crippen molar-refractivity contribution in [3.8, 4) is 0 Å². The van der Waals surface area contributed by atoms with Crippen molar-refractivity contribution >= 4 is 5.57 Å². The van der Waals surface area contributed by atoms with E-state index in [0.29, 0.717) is 5.82 Å². The number of allylic oxidation sites excluding steroid dienone is 4. The Hall–Kier alpha value is -1.91. The third-order valence-electron chi connectivity index (χ3n) is 1.41. The molecule has 1 rings (SSSR count). The van der Waals surface area contributed by atoms with Crippen molar-refractivity contribution in [2.45, 2.75) is 6.92 Å². The predicted octanol–water partition coefficient (Wildman–Crippen LogP) is 0.632. The molecule has 0 atom stereocenters. The number of H-pyrrole nitrogens is 1. The van der Waals surface area contributed by atoms with Gasteiger partial charge in [-0.25, -0.2) is 5.10 Å². The minimum atomic E-state index is 0.560. The van der Waals surface area contributed by atoms with E-state index in [1.54, 1.807) is 6.08 Å². The van der Waals surface area contributed by atoms with E-state index in [2.05, 4.69) is 27.2 Å². The molecule has 5 nitrogen and oxygen atoms in total. The SMILES string of the molecule is C=C(/C=C(C)\C=C/N)c1nnn[nH]1. The molecule has 0 bridgehead atoms. The van der Waals surface area contributed by atoms with Gasteiger partial charge in [-0.1, -0.05) is 6.58 Å². The molecule has 0 unspecified atom stereocenters. The van der Waals surface area contributed by atoms with Crippen LogP contribution in [0, 0.1) is 0 Å². The molecule has 0 saturated heterocycles. The maximum Gasteiger partial charge on any atom is 0.178 e. The number of aromatic nitrogens is 4. The van der Waals surface area contributed by atoms with Crippen LogP contribution in [-0.4, -0.2) is 20.6 Å². The minimum Gasteiger partial charge on any atom is -0.405 e. The fourth-order valence-corrected chi connectivity index (χ4v) is 0.838. The first-order valence-corrected chi connectivity index (χ1v) is 3.73. The number of aromatic amines is 1. The first-order valence-electron chi connectivity index (χ1n) is 3.73. The molecule has 1 aromatic rings. The van der Waals surface area contributed by atoms with Crippen LogP contribution in [0.4, 0.5) is 0 Å². The number of rotatable bonds is 3. The van der Waals surface area contributed by atoms with Gasteiger partial charge in [0.05, 0.1) is 0 Å². The van der Waals surface area contributed by atoms with Crippen molar-refractivity contribution in [1.29, 1.82) is 0 Å². The van der Waals surface area contributed by atoms with Crippen LogP contribution in [0.25, 0.3) is 5.57 Å². The van der Waals surface area contributed by atoms with Gasteiger partial charge >= 0.3 is 0 Å². The van der Waals surface area contributed by atoms with E-state index >= 15 is 0 Å². The van der Waals surface area contributed by atoms with Gasteiger partial charge in [-0.05, 0) is 41.3 Å². The van der Waals surface area contributed by atoms with E-state index in [0.717, 1.165) is 11.1 Å². The number of hydrogen-bond donors (Lipinski definition) is 2. The van der Waals surface area contributed by atoms with Gasteiger partial charge in [-0.2, -0.15) is 0 Å². The molecule has 0 aliphatic rings. The zero-order valence-corrected chi connectivity index (χ0v) is 7.36. The fraction of sp³-hybridized carbons (Fsp3) is 0.125. The average Bonchev–Trinajstić information content (AvgIpc) is 2.55. The predicted molar refractivity (Wildman–Crippen MR) is 50.3 cm³/mol. The van der Waals surface area contributed by atoms with Gasteiger partial charge in [-0.3, -0.25) is 0 Å². The molecular weight excluding hydrogens is 166 g/mol. The second-order valence-corrected chi connectivity index (χ2v) is 2.52. The molecule has 3 N–H and O–H groups in total. The number of tetrazole rings is 1. The van der Waals surface area contributed by atoms with Gasteiger partial charge in [-0.15, -0.1) is 5.10 Å². The molecule has 0 amide bonds. The zero-order valence-electron chi connectivity index (χ0n) is 7.36. The second-order valence-electron chi connectivity index (χ2n) is 2.52. The van der Waals surface area contributed by atoms with E-state index in [9.17, 15) is 0 Å². The summed E-state index contributed by atoms with van der Waals surface area (Å²) in [6.07, 6.45) is 5.08. The Morgan fingerprint density at radius 3 is 2.92 bits per heavy atom. The van der Waals surface area contributed by atoms with Crippen molar-refractivity contribution in [3.05, 3.63) is 36.3 Å². The lowest BCUT2D eigenvalue weighted by Crippen LogP contribution is -1.84. The van der Waals surface area contributed by atoms with Crippen LogP contribution < -0.4 is 5.73 Å². The summed E-state index contributed by atoms with van der Waals surface area (Å²) in [4.78, 5) is 0. The van der Waals surface area contributed by atoms with E-state index in [1.807, 2.05) is 13.0 Å². The fourth-order valence-electron chi connectivity index (χ4n) is 0.838. The number of nitrogens with two attached hydrogens (primary N) is 1. The Morgan fingerprint density at radius 1 is 1.62 bits per heavy atom. The normalized spacial score (nSPS) is 12.2. The summed E-state index contributed by atoms with van der Waals surface area (Å²) in [5.41, 5.74) is 6.94. The van der Waals surface area contributed by atoms with Crippen LogP contribution >= 0.6 is 0 Å². The van der Waals surface area contributed by atoms with Gasteiger partial charge in [0.2, 0.25) is 0 Å². The average molecular weight is 177 g/mol. The molecule has 0 radical (unpaired) electrons. The third-order valence-corrected chi connectivity index (χ3v) is 1.41. The highest BCUT2D eigenvalue weighted by molar-refractivity contribution is 5.67. The molecule has 1 heterocycles. The van der Waals surface area contributed by atoms with E-state index in [-0.39, 0.29) is 0 Å². The van der Waals surface area contributed by atoms with Gasteiger partial charge < -0.3 is 5.73 Å². The summed E-state index contributed by atoms with van der Waals surface area (Å²) in [5.74, 6) is 0.560. The lowest BCUT2D eigenvalue weighted by Gasteiger charge is -1.93. The highest BCUT2D eigenvalue weighted by Gasteiger charge is 1.98. The molecule has 0 aliphatic carbocycles. The Kier molecular flexibility index (Phi) is 2.97. The molecule has 68 valence electrons. The van der Waals surface area contributed by atoms with E-state index in [1.165, 1.54) is 6.20 Å². The van der Waals surface area contributed by atoms with Crippen LogP contribution in [0.1, 0.15) is 12.7 Å². The minimum absolute atomic E-state index is 0.560. The monoisotopic (exact) mass is 177 g/mol. The van der Waals surface area contributed by atoms with E-state index in [4.69, 9.17) is 5.73 Å². The van der Waals surface area contributed by atoms with Crippen molar-refractivity contribution in [2.24, 2.45) is 5.73 Å². The largest absolute Gasteiger partial charge is 0.405 e. The first-order chi connectivity index (χ1) is 6.24. The van der Waals surface area contributed by atoms with Gasteiger partial charge in [0.25, 0.3) is 0 Å². The summed E-state index contributed by atoms with van der Waals surface area (Å²) in [6.45, 7) is 5.71. The van der Waals surface area contributed by atoms with Crippen molar-refractivity contribution in [3.63, 3.8) is 0 Å². The standard InChI is InChI=1S/C8H11N5/c1-6(3-4-9)5-7(2)8-10-12-13-11-8/h3-5H,2,9H2,1H3,(H,10,11,12,13)/b4-3-,6-5-. The van der Waals surface area contributed by atoms with Gasteiger partial charge in [0.15, 0.2) is 5.82 Å². The third kappa shape index (κ3) is 2.55. The van der Waals surface area contributed by atoms with Crippen LogP contribution in [0.15, 0.2) is 30.5 Å². The first kappa shape index (κ1) is 9.18. The quantitative estimate of drug-likeness (QED) is 0.663. The topological polar surface area (TPSA) is 80.5 Å². The Morgan fingerprint density at radius 2 is 2.38 bits per heavy atom. The molecule has 0 spiro atoms. The molecule has 5 heteroatoms. The number of nitrogens with zero attached hydrogens (tertiary/aromatic N) is 3. The molecule has 13 heavy (non-hydrogen) atoms. The number of hydrogen-bond acceptors (Lipinski definition) is 4. The maximum atomic E-state index is 5.22. The smallest absolute Gasteiger partial charge is 0.178 e. The second kappa shape index (κ2) is 4.20. The van der Waals surface area contributed by atoms with Crippen LogP contribution in [0.2, 0.25) is 0 Å². The Balaban J connectivity index is 2.76. The summed E-state index contributed by atoms with van der Waals surface area (Å²) in [6, 6.07) is 0.